The highest BCUT2D eigenvalue weighted by Gasteiger charge is 2.41. The molecule has 0 atom stereocenters. The van der Waals surface area contributed by atoms with Gasteiger partial charge in [-0.2, -0.15) is 0 Å². The Labute approximate surface area is 154 Å². The molecule has 2 saturated heterocycles. The fourth-order valence-electron chi connectivity index (χ4n) is 4.29. The molecule has 0 saturated carbocycles. The van der Waals surface area contributed by atoms with Crippen molar-refractivity contribution in [1.29, 1.82) is 0 Å². The van der Waals surface area contributed by atoms with Gasteiger partial charge in [0.1, 0.15) is 5.82 Å². The first-order valence-corrected chi connectivity index (χ1v) is 9.52. The molecular weight excluding hydrogens is 326 g/mol. The number of hydrogen-bond acceptors (Lipinski definition) is 4. The van der Waals surface area contributed by atoms with Gasteiger partial charge in [-0.15, -0.1) is 0 Å². The average Bonchev–Trinajstić information content (AvgIpc) is 3.06. The number of aromatic nitrogens is 3. The monoisotopic (exact) mass is 353 g/mol. The third kappa shape index (κ3) is 3.80. The van der Waals surface area contributed by atoms with Crippen LogP contribution in [0.3, 0.4) is 0 Å². The first kappa shape index (κ1) is 17.2. The van der Waals surface area contributed by atoms with Crippen molar-refractivity contribution in [1.82, 2.24) is 24.8 Å². The van der Waals surface area contributed by atoms with Gasteiger partial charge >= 0.3 is 0 Å². The molecule has 0 aliphatic carbocycles. The van der Waals surface area contributed by atoms with Gasteiger partial charge in [0, 0.05) is 31.1 Å². The van der Waals surface area contributed by atoms with Crippen molar-refractivity contribution in [2.45, 2.75) is 45.7 Å². The van der Waals surface area contributed by atoms with Crippen molar-refractivity contribution in [3.8, 4) is 0 Å². The summed E-state index contributed by atoms with van der Waals surface area (Å²) >= 11 is 0. The smallest absolute Gasteiger partial charge is 0.222 e. The third-order valence-corrected chi connectivity index (χ3v) is 5.87. The van der Waals surface area contributed by atoms with E-state index in [-0.39, 0.29) is 11.3 Å². The van der Waals surface area contributed by atoms with E-state index >= 15 is 0 Å². The number of pyridine rings is 1. The Hall–Kier alpha value is -2.21. The summed E-state index contributed by atoms with van der Waals surface area (Å²) in [6, 6.07) is 5.91. The summed E-state index contributed by atoms with van der Waals surface area (Å²) in [5.74, 6) is 1.32. The molecule has 1 spiro atoms. The number of H-pyrrole nitrogens is 1. The number of rotatable bonds is 4. The molecule has 6 nitrogen and oxygen atoms in total. The van der Waals surface area contributed by atoms with Gasteiger partial charge < -0.3 is 9.88 Å². The number of nitrogens with zero attached hydrogens (tertiary/aromatic N) is 4. The highest BCUT2D eigenvalue weighted by molar-refractivity contribution is 5.77. The number of imidazole rings is 1. The van der Waals surface area contributed by atoms with Crippen LogP contribution in [0, 0.1) is 12.3 Å². The first-order chi connectivity index (χ1) is 12.6. The van der Waals surface area contributed by atoms with Crippen molar-refractivity contribution < 1.29 is 4.79 Å². The van der Waals surface area contributed by atoms with Crippen molar-refractivity contribution in [2.24, 2.45) is 5.41 Å². The first-order valence-electron chi connectivity index (χ1n) is 9.52. The fourth-order valence-corrected chi connectivity index (χ4v) is 4.29. The van der Waals surface area contributed by atoms with Gasteiger partial charge in [-0.1, -0.05) is 6.07 Å². The third-order valence-electron chi connectivity index (χ3n) is 5.87. The standard InChI is InChI=1S/C20H27N5O/c1-16-12-22-18(23-16)14-24-10-7-20(8-11-24)6-5-19(26)25(15-20)13-17-4-2-3-9-21-17/h2-4,9,12H,5-8,10-11,13-15H2,1H3,(H,22,23). The number of piperidine rings is 2. The van der Waals surface area contributed by atoms with Gasteiger partial charge in [0.2, 0.25) is 5.91 Å². The molecule has 1 amide bonds. The van der Waals surface area contributed by atoms with Crippen LogP contribution in [0.2, 0.25) is 0 Å². The lowest BCUT2D eigenvalue weighted by Crippen LogP contribution is -2.51. The number of aryl methyl sites for hydroxylation is 1. The molecule has 2 aliphatic rings. The second-order valence-electron chi connectivity index (χ2n) is 7.86. The molecule has 4 heterocycles. The van der Waals surface area contributed by atoms with Gasteiger partial charge in [0.25, 0.3) is 0 Å². The quantitative estimate of drug-likeness (QED) is 0.917. The second kappa shape index (κ2) is 7.19. The minimum atomic E-state index is 0.273. The lowest BCUT2D eigenvalue weighted by molar-refractivity contribution is -0.140. The largest absolute Gasteiger partial charge is 0.345 e. The second-order valence-corrected chi connectivity index (χ2v) is 7.86. The van der Waals surface area contributed by atoms with Crippen molar-refractivity contribution in [3.63, 3.8) is 0 Å². The molecule has 4 rings (SSSR count). The summed E-state index contributed by atoms with van der Waals surface area (Å²) in [7, 11) is 0. The minimum absolute atomic E-state index is 0.273. The van der Waals surface area contributed by atoms with E-state index < -0.39 is 0 Å². The van der Waals surface area contributed by atoms with E-state index in [4.69, 9.17) is 0 Å². The molecule has 138 valence electrons. The van der Waals surface area contributed by atoms with Gasteiger partial charge in [0.15, 0.2) is 0 Å². The van der Waals surface area contributed by atoms with E-state index in [1.807, 2.05) is 36.2 Å². The molecule has 2 aromatic heterocycles. The van der Waals surface area contributed by atoms with Gasteiger partial charge in [-0.3, -0.25) is 14.7 Å². The van der Waals surface area contributed by atoms with Crippen LogP contribution in [0.15, 0.2) is 30.6 Å². The highest BCUT2D eigenvalue weighted by atomic mass is 16.2. The van der Waals surface area contributed by atoms with Gasteiger partial charge in [0.05, 0.1) is 18.8 Å². The number of nitrogens with one attached hydrogen (secondary N) is 1. The maximum atomic E-state index is 12.4. The summed E-state index contributed by atoms with van der Waals surface area (Å²) in [5.41, 5.74) is 2.37. The van der Waals surface area contributed by atoms with Crippen LogP contribution in [0.4, 0.5) is 0 Å². The number of carbonyl (C=O) groups is 1. The maximum Gasteiger partial charge on any atom is 0.222 e. The Bertz CT molecular complexity index is 749. The number of amides is 1. The van der Waals surface area contributed by atoms with Crippen LogP contribution >= 0.6 is 0 Å². The maximum absolute atomic E-state index is 12.4. The van der Waals surface area contributed by atoms with Crippen LogP contribution in [-0.4, -0.2) is 50.3 Å². The zero-order valence-electron chi connectivity index (χ0n) is 15.4. The van der Waals surface area contributed by atoms with Crippen LogP contribution in [-0.2, 0) is 17.9 Å². The zero-order valence-corrected chi connectivity index (χ0v) is 15.4. The van der Waals surface area contributed by atoms with E-state index in [1.165, 1.54) is 0 Å². The zero-order chi connectivity index (χ0) is 18.0. The SMILES string of the molecule is Cc1cnc(CN2CCC3(CCC(=O)N(Cc4ccccn4)C3)CC2)[nH]1. The minimum Gasteiger partial charge on any atom is -0.345 e. The van der Waals surface area contributed by atoms with E-state index in [0.717, 1.165) is 62.7 Å². The molecular formula is C20H27N5O. The average molecular weight is 353 g/mol. The van der Waals surface area contributed by atoms with Crippen molar-refractivity contribution in [2.75, 3.05) is 19.6 Å². The van der Waals surface area contributed by atoms with Crippen molar-refractivity contribution in [3.05, 3.63) is 47.8 Å². The Morgan fingerprint density at radius 1 is 1.15 bits per heavy atom. The summed E-state index contributed by atoms with van der Waals surface area (Å²) in [4.78, 5) is 29.0. The molecule has 0 bridgehead atoms. The lowest BCUT2D eigenvalue weighted by Gasteiger charge is -2.47. The number of hydrogen-bond donors (Lipinski definition) is 1. The number of likely N-dealkylation sites (tertiary alicyclic amines) is 2. The van der Waals surface area contributed by atoms with Crippen LogP contribution in [0.1, 0.15) is 42.9 Å². The lowest BCUT2D eigenvalue weighted by atomic mass is 9.72. The molecule has 0 radical (unpaired) electrons. The Balaban J connectivity index is 1.36. The topological polar surface area (TPSA) is 65.1 Å². The molecule has 2 fully saturated rings. The highest BCUT2D eigenvalue weighted by Crippen LogP contribution is 2.40. The molecule has 6 heteroatoms. The Morgan fingerprint density at radius 3 is 2.69 bits per heavy atom. The summed E-state index contributed by atoms with van der Waals surface area (Å²) in [6.45, 7) is 6.58. The Morgan fingerprint density at radius 2 is 2.00 bits per heavy atom. The molecule has 0 aromatic carbocycles. The number of carbonyl (C=O) groups excluding carboxylic acids is 1. The molecule has 26 heavy (non-hydrogen) atoms. The summed E-state index contributed by atoms with van der Waals surface area (Å²) in [5, 5.41) is 0. The summed E-state index contributed by atoms with van der Waals surface area (Å²) in [6.07, 6.45) is 7.69. The van der Waals surface area contributed by atoms with E-state index in [9.17, 15) is 4.79 Å². The number of aromatic amines is 1. The van der Waals surface area contributed by atoms with E-state index in [0.29, 0.717) is 13.0 Å². The molecule has 2 aromatic rings. The predicted octanol–water partition coefficient (Wildman–Crippen LogP) is 2.52. The van der Waals surface area contributed by atoms with Crippen LogP contribution in [0.5, 0.6) is 0 Å². The van der Waals surface area contributed by atoms with E-state index in [1.54, 1.807) is 6.20 Å². The predicted molar refractivity (Wildman–Crippen MR) is 99.2 cm³/mol. The molecule has 2 aliphatic heterocycles. The molecule has 0 unspecified atom stereocenters. The fraction of sp³-hybridized carbons (Fsp3) is 0.550. The van der Waals surface area contributed by atoms with Gasteiger partial charge in [-0.05, 0) is 56.8 Å². The van der Waals surface area contributed by atoms with Crippen LogP contribution < -0.4 is 0 Å². The van der Waals surface area contributed by atoms with Crippen molar-refractivity contribution >= 4 is 5.91 Å². The Kier molecular flexibility index (Phi) is 4.76. The normalized spacial score (nSPS) is 20.7. The van der Waals surface area contributed by atoms with Crippen LogP contribution in [0.25, 0.3) is 0 Å². The van der Waals surface area contributed by atoms with E-state index in [2.05, 4.69) is 19.9 Å². The molecule has 1 N–H and O–H groups in total. The van der Waals surface area contributed by atoms with Gasteiger partial charge in [-0.25, -0.2) is 4.98 Å². The summed E-state index contributed by atoms with van der Waals surface area (Å²) < 4.78 is 0.